The van der Waals surface area contributed by atoms with Crippen molar-refractivity contribution in [3.63, 3.8) is 0 Å². The van der Waals surface area contributed by atoms with Crippen molar-refractivity contribution in [3.8, 4) is 5.19 Å². The van der Waals surface area contributed by atoms with Crippen molar-refractivity contribution in [1.29, 1.82) is 0 Å². The van der Waals surface area contributed by atoms with E-state index in [1.165, 1.54) is 11.3 Å². The largest absolute Gasteiger partial charge is 0.467 e. The molecule has 6 heteroatoms. The Bertz CT molecular complexity index is 385. The highest BCUT2D eigenvalue weighted by atomic mass is 32.1. The number of hydrogen-bond donors (Lipinski definition) is 2. The molecule has 1 amide bonds. The summed E-state index contributed by atoms with van der Waals surface area (Å²) >= 11 is 1.23. The molecule has 2 heterocycles. The summed E-state index contributed by atoms with van der Waals surface area (Å²) in [5.41, 5.74) is 5.88. The van der Waals surface area contributed by atoms with E-state index in [4.69, 9.17) is 10.5 Å². The molecule has 1 fully saturated rings. The molecular weight excluding hydrogens is 226 g/mol. The lowest BCUT2D eigenvalue weighted by Crippen LogP contribution is -2.34. The van der Waals surface area contributed by atoms with Crippen LogP contribution in [-0.4, -0.2) is 30.1 Å². The number of primary amides is 1. The smallest absolute Gasteiger partial charge is 0.274 e. The number of amides is 1. The van der Waals surface area contributed by atoms with Crippen molar-refractivity contribution in [2.24, 2.45) is 5.73 Å². The molecule has 88 valence electrons. The third-order valence-electron chi connectivity index (χ3n) is 2.55. The highest BCUT2D eigenvalue weighted by Crippen LogP contribution is 2.26. The lowest BCUT2D eigenvalue weighted by Gasteiger charge is -2.22. The molecule has 16 heavy (non-hydrogen) atoms. The van der Waals surface area contributed by atoms with E-state index < -0.39 is 5.91 Å². The number of nitrogens with one attached hydrogen (secondary N) is 1. The predicted molar refractivity (Wildman–Crippen MR) is 61.9 cm³/mol. The lowest BCUT2D eigenvalue weighted by atomic mass is 10.1. The first-order valence-corrected chi connectivity index (χ1v) is 6.13. The van der Waals surface area contributed by atoms with Gasteiger partial charge in [0.1, 0.15) is 11.0 Å². The zero-order chi connectivity index (χ0) is 11.5. The van der Waals surface area contributed by atoms with Gasteiger partial charge in [0.05, 0.1) is 5.69 Å². The lowest BCUT2D eigenvalue weighted by molar-refractivity contribution is 0.100. The van der Waals surface area contributed by atoms with Crippen LogP contribution in [0.15, 0.2) is 0 Å². The van der Waals surface area contributed by atoms with Crippen molar-refractivity contribution in [3.05, 3.63) is 10.6 Å². The molecule has 1 aliphatic rings. The summed E-state index contributed by atoms with van der Waals surface area (Å²) < 4.78 is 5.73. The summed E-state index contributed by atoms with van der Waals surface area (Å²) in [4.78, 5) is 15.7. The maximum absolute atomic E-state index is 11.1. The van der Waals surface area contributed by atoms with Crippen molar-refractivity contribution in [1.82, 2.24) is 10.3 Å². The van der Waals surface area contributed by atoms with Gasteiger partial charge in [0.25, 0.3) is 11.1 Å². The van der Waals surface area contributed by atoms with E-state index >= 15 is 0 Å². The number of ether oxygens (including phenoxy) is 1. The van der Waals surface area contributed by atoms with Gasteiger partial charge in [-0.25, -0.2) is 4.98 Å². The fraction of sp³-hybridized carbons (Fsp3) is 0.600. The van der Waals surface area contributed by atoms with E-state index in [9.17, 15) is 4.79 Å². The molecule has 2 rings (SSSR count). The van der Waals surface area contributed by atoms with E-state index in [1.54, 1.807) is 6.92 Å². The molecule has 0 spiro atoms. The second-order valence-electron chi connectivity index (χ2n) is 3.83. The molecule has 1 aliphatic heterocycles. The number of aryl methyl sites for hydroxylation is 1. The Labute approximate surface area is 98.0 Å². The standard InChI is InChI=1S/C10H15N3O2S/c1-6-8(9(11)14)16-10(13-6)15-7-2-4-12-5-3-7/h7,12H,2-5H2,1H3,(H2,11,14). The molecule has 3 N–H and O–H groups in total. The van der Waals surface area contributed by atoms with Crippen LogP contribution in [0.4, 0.5) is 0 Å². The molecule has 1 aromatic rings. The van der Waals surface area contributed by atoms with Crippen LogP contribution < -0.4 is 15.8 Å². The summed E-state index contributed by atoms with van der Waals surface area (Å²) in [6.45, 7) is 3.71. The van der Waals surface area contributed by atoms with Crippen molar-refractivity contribution in [2.75, 3.05) is 13.1 Å². The van der Waals surface area contributed by atoms with E-state index in [0.717, 1.165) is 25.9 Å². The summed E-state index contributed by atoms with van der Waals surface area (Å²) in [6, 6.07) is 0. The van der Waals surface area contributed by atoms with Crippen LogP contribution in [0, 0.1) is 6.92 Å². The van der Waals surface area contributed by atoms with Crippen LogP contribution in [0.1, 0.15) is 28.2 Å². The van der Waals surface area contributed by atoms with Crippen LogP contribution in [0.5, 0.6) is 5.19 Å². The van der Waals surface area contributed by atoms with E-state index in [-0.39, 0.29) is 6.10 Å². The zero-order valence-corrected chi connectivity index (χ0v) is 9.97. The molecule has 1 saturated heterocycles. The van der Waals surface area contributed by atoms with Crippen molar-refractivity contribution in [2.45, 2.75) is 25.9 Å². The number of rotatable bonds is 3. The van der Waals surface area contributed by atoms with Gasteiger partial charge in [0, 0.05) is 0 Å². The van der Waals surface area contributed by atoms with Crippen molar-refractivity contribution >= 4 is 17.2 Å². The summed E-state index contributed by atoms with van der Waals surface area (Å²) in [7, 11) is 0. The molecule has 0 bridgehead atoms. The fourth-order valence-electron chi connectivity index (χ4n) is 1.71. The third-order valence-corrected chi connectivity index (χ3v) is 3.62. The molecular formula is C10H15N3O2S. The maximum Gasteiger partial charge on any atom is 0.274 e. The first kappa shape index (κ1) is 11.3. The van der Waals surface area contributed by atoms with Crippen LogP contribution in [0.25, 0.3) is 0 Å². The number of hydrogen-bond acceptors (Lipinski definition) is 5. The van der Waals surface area contributed by atoms with Gasteiger partial charge in [-0.3, -0.25) is 4.79 Å². The highest BCUT2D eigenvalue weighted by molar-refractivity contribution is 7.15. The van der Waals surface area contributed by atoms with Gasteiger partial charge in [-0.2, -0.15) is 0 Å². The zero-order valence-electron chi connectivity index (χ0n) is 9.16. The molecule has 0 radical (unpaired) electrons. The van der Waals surface area contributed by atoms with E-state index in [0.29, 0.717) is 15.8 Å². The van der Waals surface area contributed by atoms with Gasteiger partial charge in [0.15, 0.2) is 0 Å². The average molecular weight is 241 g/mol. The Kier molecular flexibility index (Phi) is 3.40. The SMILES string of the molecule is Cc1nc(OC2CCNCC2)sc1C(N)=O. The molecule has 0 atom stereocenters. The molecule has 0 unspecified atom stereocenters. The molecule has 0 aromatic carbocycles. The fourth-order valence-corrected chi connectivity index (χ4v) is 2.54. The van der Waals surface area contributed by atoms with Crippen LogP contribution in [0.2, 0.25) is 0 Å². The third kappa shape index (κ3) is 2.51. The summed E-state index contributed by atoms with van der Waals surface area (Å²) in [5.74, 6) is -0.435. The Morgan fingerprint density at radius 1 is 1.56 bits per heavy atom. The van der Waals surface area contributed by atoms with Gasteiger partial charge in [0.2, 0.25) is 0 Å². The van der Waals surface area contributed by atoms with E-state index in [2.05, 4.69) is 10.3 Å². The minimum Gasteiger partial charge on any atom is -0.467 e. The second kappa shape index (κ2) is 4.80. The normalized spacial score (nSPS) is 17.3. The molecule has 5 nitrogen and oxygen atoms in total. The van der Waals surface area contributed by atoms with E-state index in [1.807, 2.05) is 0 Å². The van der Waals surface area contributed by atoms with Gasteiger partial charge in [-0.05, 0) is 32.9 Å². The average Bonchev–Trinajstić information content (AvgIpc) is 2.61. The van der Waals surface area contributed by atoms with Crippen LogP contribution >= 0.6 is 11.3 Å². The molecule has 0 aliphatic carbocycles. The number of nitrogens with zero attached hydrogens (tertiary/aromatic N) is 1. The Morgan fingerprint density at radius 2 is 2.25 bits per heavy atom. The number of thiazole rings is 1. The summed E-state index contributed by atoms with van der Waals surface area (Å²) in [5, 5.41) is 3.82. The van der Waals surface area contributed by atoms with Crippen LogP contribution in [-0.2, 0) is 0 Å². The number of carbonyl (C=O) groups excluding carboxylic acids is 1. The van der Waals surface area contributed by atoms with Gasteiger partial charge in [-0.15, -0.1) is 0 Å². The number of piperidine rings is 1. The first-order chi connectivity index (χ1) is 7.66. The number of carbonyl (C=O) groups is 1. The minimum atomic E-state index is -0.435. The van der Waals surface area contributed by atoms with Gasteiger partial charge >= 0.3 is 0 Å². The minimum absolute atomic E-state index is 0.201. The Hall–Kier alpha value is -1.14. The Balaban J connectivity index is 2.03. The highest BCUT2D eigenvalue weighted by Gasteiger charge is 2.18. The maximum atomic E-state index is 11.1. The molecule has 1 aromatic heterocycles. The topological polar surface area (TPSA) is 77.2 Å². The summed E-state index contributed by atoms with van der Waals surface area (Å²) in [6.07, 6.45) is 2.15. The predicted octanol–water partition coefficient (Wildman–Crippen LogP) is 0.681. The quantitative estimate of drug-likeness (QED) is 0.816. The Morgan fingerprint density at radius 3 is 2.81 bits per heavy atom. The van der Waals surface area contributed by atoms with Gasteiger partial charge in [-0.1, -0.05) is 11.3 Å². The number of nitrogens with two attached hydrogens (primary N) is 1. The number of aromatic nitrogens is 1. The first-order valence-electron chi connectivity index (χ1n) is 5.31. The monoisotopic (exact) mass is 241 g/mol. The molecule has 0 saturated carbocycles. The van der Waals surface area contributed by atoms with Crippen LogP contribution in [0.3, 0.4) is 0 Å². The van der Waals surface area contributed by atoms with Gasteiger partial charge < -0.3 is 15.8 Å². The second-order valence-corrected chi connectivity index (χ2v) is 4.79. The van der Waals surface area contributed by atoms with Crippen molar-refractivity contribution < 1.29 is 9.53 Å².